The van der Waals surface area contributed by atoms with Gasteiger partial charge in [-0.2, -0.15) is 0 Å². The number of halogens is 1. The van der Waals surface area contributed by atoms with Crippen LogP contribution in [0.5, 0.6) is 0 Å². The second kappa shape index (κ2) is 6.64. The first-order valence-corrected chi connectivity index (χ1v) is 8.46. The summed E-state index contributed by atoms with van der Waals surface area (Å²) in [7, 11) is 0. The van der Waals surface area contributed by atoms with Gasteiger partial charge in [-0.3, -0.25) is 0 Å². The molecule has 1 heterocycles. The molecule has 1 atom stereocenters. The molecular formula is C15H18BrNOS. The fraction of sp³-hybridized carbons (Fsp3) is 0.400. The molecule has 0 aliphatic rings. The van der Waals surface area contributed by atoms with E-state index in [1.165, 1.54) is 15.6 Å². The summed E-state index contributed by atoms with van der Waals surface area (Å²) >= 11 is 5.19. The Labute approximate surface area is 126 Å². The van der Waals surface area contributed by atoms with Crippen LogP contribution in [0.4, 0.5) is 0 Å². The van der Waals surface area contributed by atoms with Crippen molar-refractivity contribution in [3.05, 3.63) is 35.2 Å². The molecule has 0 radical (unpaired) electrons. The van der Waals surface area contributed by atoms with Crippen LogP contribution in [0.15, 0.2) is 29.6 Å². The maximum atomic E-state index is 11.5. The van der Waals surface area contributed by atoms with E-state index in [0.717, 1.165) is 31.0 Å². The molecule has 2 nitrogen and oxygen atoms in total. The molecule has 1 N–H and O–H groups in total. The molecule has 0 aliphatic heterocycles. The zero-order chi connectivity index (χ0) is 13.7. The number of likely N-dealkylation sites (N-methyl/N-ethyl adjacent to an activating group) is 1. The Balaban J connectivity index is 2.26. The Kier molecular flexibility index (Phi) is 5.13. The molecule has 0 saturated carbocycles. The molecule has 0 bridgehead atoms. The van der Waals surface area contributed by atoms with Gasteiger partial charge in [0.05, 0.1) is 5.54 Å². The smallest absolute Gasteiger partial charge is 0.140 e. The maximum Gasteiger partial charge on any atom is 0.140 e. The quantitative estimate of drug-likeness (QED) is 0.614. The summed E-state index contributed by atoms with van der Waals surface area (Å²) in [4.78, 5) is 11.5. The lowest BCUT2D eigenvalue weighted by molar-refractivity contribution is -0.113. The first-order valence-electron chi connectivity index (χ1n) is 6.46. The van der Waals surface area contributed by atoms with Crippen molar-refractivity contribution in [3.63, 3.8) is 0 Å². The summed E-state index contributed by atoms with van der Waals surface area (Å²) < 4.78 is 1.30. The zero-order valence-corrected chi connectivity index (χ0v) is 13.4. The molecular weight excluding hydrogens is 322 g/mol. The number of benzene rings is 1. The van der Waals surface area contributed by atoms with Crippen LogP contribution >= 0.6 is 27.3 Å². The van der Waals surface area contributed by atoms with E-state index in [4.69, 9.17) is 0 Å². The minimum absolute atomic E-state index is 0.456. The molecule has 0 fully saturated rings. The van der Waals surface area contributed by atoms with Crippen LogP contribution in [0, 0.1) is 0 Å². The van der Waals surface area contributed by atoms with Crippen molar-refractivity contribution in [2.45, 2.75) is 25.3 Å². The monoisotopic (exact) mass is 339 g/mol. The van der Waals surface area contributed by atoms with Crippen LogP contribution in [-0.2, 0) is 11.2 Å². The SMILES string of the molecule is CCNC(C=O)(CCBr)Cc1ccc2sccc2c1. The third-order valence-electron chi connectivity index (χ3n) is 3.33. The number of fused-ring (bicyclic) bond motifs is 1. The van der Waals surface area contributed by atoms with E-state index in [0.29, 0.717) is 0 Å². The van der Waals surface area contributed by atoms with E-state index in [1.54, 1.807) is 11.3 Å². The number of thiophene rings is 1. The maximum absolute atomic E-state index is 11.5. The number of alkyl halides is 1. The Morgan fingerprint density at radius 3 is 2.95 bits per heavy atom. The van der Waals surface area contributed by atoms with Gasteiger partial charge in [-0.1, -0.05) is 35.0 Å². The predicted molar refractivity (Wildman–Crippen MR) is 86.4 cm³/mol. The number of nitrogens with one attached hydrogen (secondary N) is 1. The van der Waals surface area contributed by atoms with Gasteiger partial charge >= 0.3 is 0 Å². The molecule has 102 valence electrons. The average Bonchev–Trinajstić information content (AvgIpc) is 2.86. The van der Waals surface area contributed by atoms with Gasteiger partial charge in [0.25, 0.3) is 0 Å². The highest BCUT2D eigenvalue weighted by molar-refractivity contribution is 9.09. The Bertz CT molecular complexity index is 546. The van der Waals surface area contributed by atoms with Crippen LogP contribution in [0.3, 0.4) is 0 Å². The standard InChI is InChI=1S/C15H18BrNOS/c1-2-17-15(11-18,6-7-16)10-12-3-4-14-13(9-12)5-8-19-14/h3-5,8-9,11,17H,2,6-7,10H2,1H3. The highest BCUT2D eigenvalue weighted by atomic mass is 79.9. The van der Waals surface area contributed by atoms with E-state index in [-0.39, 0.29) is 0 Å². The number of carbonyl (C=O) groups excluding carboxylic acids is 1. The molecule has 4 heteroatoms. The third-order valence-corrected chi connectivity index (χ3v) is 4.63. The van der Waals surface area contributed by atoms with Crippen molar-refractivity contribution in [1.29, 1.82) is 0 Å². The summed E-state index contributed by atoms with van der Waals surface area (Å²) in [6.07, 6.45) is 2.60. The fourth-order valence-corrected chi connectivity index (χ4v) is 3.87. The summed E-state index contributed by atoms with van der Waals surface area (Å²) in [6, 6.07) is 8.59. The Morgan fingerprint density at radius 1 is 1.42 bits per heavy atom. The number of hydrogen-bond acceptors (Lipinski definition) is 3. The van der Waals surface area contributed by atoms with Gasteiger partial charge in [0.2, 0.25) is 0 Å². The highest BCUT2D eigenvalue weighted by Gasteiger charge is 2.28. The minimum atomic E-state index is -0.456. The summed E-state index contributed by atoms with van der Waals surface area (Å²) in [5.74, 6) is 0. The predicted octanol–water partition coefficient (Wildman–Crippen LogP) is 3.78. The van der Waals surface area contributed by atoms with E-state index >= 15 is 0 Å². The lowest BCUT2D eigenvalue weighted by Gasteiger charge is -2.28. The van der Waals surface area contributed by atoms with Gasteiger partial charge in [-0.15, -0.1) is 11.3 Å². The Morgan fingerprint density at radius 2 is 2.26 bits per heavy atom. The molecule has 1 unspecified atom stereocenters. The molecule has 0 amide bonds. The van der Waals surface area contributed by atoms with Gasteiger partial charge in [-0.25, -0.2) is 0 Å². The Hall–Kier alpha value is -0.710. The van der Waals surface area contributed by atoms with Crippen LogP contribution in [0.1, 0.15) is 18.9 Å². The van der Waals surface area contributed by atoms with Crippen LogP contribution in [0.25, 0.3) is 10.1 Å². The number of carbonyl (C=O) groups is 1. The van der Waals surface area contributed by atoms with E-state index in [2.05, 4.69) is 50.9 Å². The summed E-state index contributed by atoms with van der Waals surface area (Å²) in [5, 5.41) is 7.52. The molecule has 1 aromatic heterocycles. The largest absolute Gasteiger partial charge is 0.305 e. The number of aldehydes is 1. The van der Waals surface area contributed by atoms with Gasteiger partial charge in [-0.05, 0) is 47.8 Å². The van der Waals surface area contributed by atoms with E-state index < -0.39 is 5.54 Å². The molecule has 1 aromatic carbocycles. The number of hydrogen-bond donors (Lipinski definition) is 1. The second-order valence-corrected chi connectivity index (χ2v) is 6.45. The lowest BCUT2D eigenvalue weighted by Crippen LogP contribution is -2.49. The van der Waals surface area contributed by atoms with Gasteiger partial charge in [0.1, 0.15) is 6.29 Å². The van der Waals surface area contributed by atoms with Crippen LogP contribution in [0.2, 0.25) is 0 Å². The van der Waals surface area contributed by atoms with E-state index in [1.807, 2.05) is 6.92 Å². The molecule has 0 aliphatic carbocycles. The fourth-order valence-electron chi connectivity index (χ4n) is 2.39. The third kappa shape index (κ3) is 3.44. The zero-order valence-electron chi connectivity index (χ0n) is 11.0. The van der Waals surface area contributed by atoms with Crippen molar-refractivity contribution in [1.82, 2.24) is 5.32 Å². The van der Waals surface area contributed by atoms with Crippen molar-refractivity contribution in [2.24, 2.45) is 0 Å². The van der Waals surface area contributed by atoms with Crippen molar-refractivity contribution in [3.8, 4) is 0 Å². The van der Waals surface area contributed by atoms with E-state index in [9.17, 15) is 4.79 Å². The first-order chi connectivity index (χ1) is 9.23. The summed E-state index contributed by atoms with van der Waals surface area (Å²) in [6.45, 7) is 2.83. The van der Waals surface area contributed by atoms with Gasteiger partial charge < -0.3 is 10.1 Å². The molecule has 19 heavy (non-hydrogen) atoms. The van der Waals surface area contributed by atoms with Gasteiger partial charge in [0.15, 0.2) is 0 Å². The second-order valence-electron chi connectivity index (χ2n) is 4.71. The van der Waals surface area contributed by atoms with Crippen LogP contribution < -0.4 is 5.32 Å². The van der Waals surface area contributed by atoms with Crippen LogP contribution in [-0.4, -0.2) is 23.7 Å². The molecule has 2 aromatic rings. The lowest BCUT2D eigenvalue weighted by atomic mass is 9.89. The van der Waals surface area contributed by atoms with Gasteiger partial charge in [0, 0.05) is 10.0 Å². The van der Waals surface area contributed by atoms with Crippen molar-refractivity contribution < 1.29 is 4.79 Å². The topological polar surface area (TPSA) is 29.1 Å². The molecule has 2 rings (SSSR count). The normalized spacial score (nSPS) is 14.4. The molecule has 0 spiro atoms. The van der Waals surface area contributed by atoms with Crippen molar-refractivity contribution >= 4 is 43.6 Å². The minimum Gasteiger partial charge on any atom is -0.305 e. The number of rotatable bonds is 7. The molecule has 0 saturated heterocycles. The average molecular weight is 340 g/mol. The summed E-state index contributed by atoms with van der Waals surface area (Å²) in [5.41, 5.74) is 0.752. The van der Waals surface area contributed by atoms with Crippen molar-refractivity contribution in [2.75, 3.05) is 11.9 Å². The first kappa shape index (κ1) is 14.7. The highest BCUT2D eigenvalue weighted by Crippen LogP contribution is 2.24.